The highest BCUT2D eigenvalue weighted by Crippen LogP contribution is 2.41. The zero-order valence-electron chi connectivity index (χ0n) is 18.3. The highest BCUT2D eigenvalue weighted by atomic mass is 35.5. The molecule has 176 valence electrons. The SMILES string of the molecule is N#Cc1ccc(-c2csc3c(OC4C5COCC4CN(c4ncc(Cl)cn4)C5)ncnc23)c(Cl)c1. The molecule has 0 saturated carbocycles. The molecule has 8 nitrogen and oxygen atoms in total. The third kappa shape index (κ3) is 4.17. The molecule has 2 aliphatic rings. The fourth-order valence-corrected chi connectivity index (χ4v) is 6.09. The maximum atomic E-state index is 9.14. The predicted molar refractivity (Wildman–Crippen MR) is 134 cm³/mol. The number of nitrogens with zero attached hydrogens (tertiary/aromatic N) is 6. The second kappa shape index (κ2) is 9.21. The fourth-order valence-electron chi connectivity index (χ4n) is 4.76. The molecule has 2 atom stereocenters. The van der Waals surface area contributed by atoms with E-state index in [9.17, 15) is 0 Å². The second-order valence-corrected chi connectivity index (χ2v) is 10.3. The van der Waals surface area contributed by atoms with Crippen LogP contribution in [0.2, 0.25) is 10.0 Å². The summed E-state index contributed by atoms with van der Waals surface area (Å²) in [4.78, 5) is 19.9. The lowest BCUT2D eigenvalue weighted by Crippen LogP contribution is -2.58. The van der Waals surface area contributed by atoms with Crippen LogP contribution >= 0.6 is 34.5 Å². The molecule has 2 saturated heterocycles. The van der Waals surface area contributed by atoms with Crippen LogP contribution in [0.1, 0.15) is 5.56 Å². The van der Waals surface area contributed by atoms with Crippen molar-refractivity contribution in [3.63, 3.8) is 0 Å². The zero-order chi connectivity index (χ0) is 23.9. The Hall–Kier alpha value is -3.03. The standard InChI is InChI=1S/C24H18Cl2N6O2S/c25-16-5-28-24(29-6-16)32-7-14-9-33-10-15(8-32)21(14)34-23-22-20(30-12-31-23)18(11-35-22)17-2-1-13(4-27)3-19(17)26/h1-3,5-6,11-12,14-15,21H,7-10H2. The van der Waals surface area contributed by atoms with Gasteiger partial charge in [-0.2, -0.15) is 5.26 Å². The Labute approximate surface area is 215 Å². The molecular weight excluding hydrogens is 507 g/mol. The van der Waals surface area contributed by atoms with Crippen molar-refractivity contribution in [1.82, 2.24) is 19.9 Å². The molecule has 0 radical (unpaired) electrons. The van der Waals surface area contributed by atoms with Crippen LogP contribution in [-0.2, 0) is 4.74 Å². The molecule has 0 N–H and O–H groups in total. The number of fused-ring (bicyclic) bond motifs is 3. The van der Waals surface area contributed by atoms with Crippen molar-refractivity contribution in [2.75, 3.05) is 31.2 Å². The lowest BCUT2D eigenvalue weighted by atomic mass is 9.84. The quantitative estimate of drug-likeness (QED) is 0.373. The molecule has 2 fully saturated rings. The van der Waals surface area contributed by atoms with Gasteiger partial charge in [0.15, 0.2) is 0 Å². The van der Waals surface area contributed by atoms with Gasteiger partial charge >= 0.3 is 0 Å². The number of anilines is 1. The van der Waals surface area contributed by atoms with Gasteiger partial charge in [0.25, 0.3) is 0 Å². The average Bonchev–Trinajstić information content (AvgIpc) is 3.29. The van der Waals surface area contributed by atoms with Gasteiger partial charge in [0.1, 0.15) is 17.1 Å². The molecule has 35 heavy (non-hydrogen) atoms. The van der Waals surface area contributed by atoms with E-state index in [0.29, 0.717) is 53.7 Å². The van der Waals surface area contributed by atoms with E-state index in [1.807, 2.05) is 11.4 Å². The molecule has 5 heterocycles. The van der Waals surface area contributed by atoms with Gasteiger partial charge < -0.3 is 14.4 Å². The summed E-state index contributed by atoms with van der Waals surface area (Å²) in [5.74, 6) is 1.50. The van der Waals surface area contributed by atoms with E-state index in [-0.39, 0.29) is 17.9 Å². The van der Waals surface area contributed by atoms with E-state index in [1.54, 1.807) is 24.5 Å². The van der Waals surface area contributed by atoms with Crippen LogP contribution in [0.25, 0.3) is 21.3 Å². The van der Waals surface area contributed by atoms with Crippen molar-refractivity contribution in [3.05, 3.63) is 57.9 Å². The molecular formula is C24H18Cl2N6O2S. The van der Waals surface area contributed by atoms with Gasteiger partial charge in [-0.15, -0.1) is 11.3 Å². The van der Waals surface area contributed by atoms with E-state index in [0.717, 1.165) is 21.3 Å². The van der Waals surface area contributed by atoms with Crippen molar-refractivity contribution in [3.8, 4) is 23.1 Å². The molecule has 4 aromatic rings. The van der Waals surface area contributed by atoms with Crippen LogP contribution in [0, 0.1) is 23.2 Å². The Balaban J connectivity index is 1.28. The number of hydrogen-bond acceptors (Lipinski definition) is 9. The fraction of sp³-hybridized carbons (Fsp3) is 0.292. The molecule has 2 bridgehead atoms. The number of ether oxygens (including phenoxy) is 2. The Kier molecular flexibility index (Phi) is 5.90. The van der Waals surface area contributed by atoms with Crippen molar-refractivity contribution in [2.24, 2.45) is 11.8 Å². The highest BCUT2D eigenvalue weighted by Gasteiger charge is 2.43. The Bertz CT molecular complexity index is 1430. The van der Waals surface area contributed by atoms with E-state index in [2.05, 4.69) is 30.9 Å². The largest absolute Gasteiger partial charge is 0.472 e. The van der Waals surface area contributed by atoms with E-state index >= 15 is 0 Å². The van der Waals surface area contributed by atoms with Gasteiger partial charge in [-0.25, -0.2) is 19.9 Å². The summed E-state index contributed by atoms with van der Waals surface area (Å²) in [5.41, 5.74) is 3.01. The lowest BCUT2D eigenvalue weighted by molar-refractivity contribution is -0.0764. The van der Waals surface area contributed by atoms with Gasteiger partial charge in [0, 0.05) is 46.5 Å². The normalized spacial score (nSPS) is 21.6. The molecule has 0 aliphatic carbocycles. The first-order valence-corrected chi connectivity index (χ1v) is 12.6. The van der Waals surface area contributed by atoms with Crippen LogP contribution in [0.3, 0.4) is 0 Å². The van der Waals surface area contributed by atoms with Crippen LogP contribution in [0.4, 0.5) is 5.95 Å². The molecule has 11 heteroatoms. The van der Waals surface area contributed by atoms with E-state index < -0.39 is 0 Å². The summed E-state index contributed by atoms with van der Waals surface area (Å²) >= 11 is 14.0. The number of rotatable bonds is 4. The summed E-state index contributed by atoms with van der Waals surface area (Å²) in [6.07, 6.45) is 4.71. The smallest absolute Gasteiger partial charge is 0.235 e. The minimum absolute atomic E-state index is 0.0468. The first-order valence-electron chi connectivity index (χ1n) is 11.0. The first kappa shape index (κ1) is 22.4. The molecule has 1 aromatic carbocycles. The molecule has 0 spiro atoms. The van der Waals surface area contributed by atoms with Gasteiger partial charge in [-0.05, 0) is 12.1 Å². The summed E-state index contributed by atoms with van der Waals surface area (Å²) < 4.78 is 13.3. The number of halogens is 2. The van der Waals surface area contributed by atoms with Gasteiger partial charge in [-0.1, -0.05) is 29.3 Å². The Morgan fingerprint density at radius 2 is 1.83 bits per heavy atom. The maximum absolute atomic E-state index is 9.14. The van der Waals surface area contributed by atoms with Crippen molar-refractivity contribution < 1.29 is 9.47 Å². The van der Waals surface area contributed by atoms with E-state index in [4.69, 9.17) is 37.9 Å². The van der Waals surface area contributed by atoms with Crippen LogP contribution in [0.15, 0.2) is 42.3 Å². The first-order chi connectivity index (χ1) is 17.1. The summed E-state index contributed by atoms with van der Waals surface area (Å²) in [7, 11) is 0. The number of piperidine rings is 1. The van der Waals surface area contributed by atoms with Crippen LogP contribution in [0.5, 0.6) is 5.88 Å². The van der Waals surface area contributed by atoms with Gasteiger partial charge in [-0.3, -0.25) is 0 Å². The second-order valence-electron chi connectivity index (χ2n) is 8.56. The molecule has 0 amide bonds. The summed E-state index contributed by atoms with van der Waals surface area (Å²) in [6, 6.07) is 7.38. The lowest BCUT2D eigenvalue weighted by Gasteiger charge is -2.46. The van der Waals surface area contributed by atoms with Crippen molar-refractivity contribution in [2.45, 2.75) is 6.10 Å². The molecule has 6 rings (SSSR count). The number of nitriles is 1. The van der Waals surface area contributed by atoms with E-state index in [1.165, 1.54) is 17.7 Å². The predicted octanol–water partition coefficient (Wildman–Crippen LogP) is 4.86. The van der Waals surface area contributed by atoms with Gasteiger partial charge in [0.05, 0.1) is 47.8 Å². The molecule has 2 aliphatic heterocycles. The van der Waals surface area contributed by atoms with Crippen molar-refractivity contribution >= 4 is 50.7 Å². The number of benzene rings is 1. The van der Waals surface area contributed by atoms with Gasteiger partial charge in [0.2, 0.25) is 11.8 Å². The number of hydrogen-bond donors (Lipinski definition) is 0. The van der Waals surface area contributed by atoms with Crippen LogP contribution < -0.4 is 9.64 Å². The summed E-state index contributed by atoms with van der Waals surface area (Å²) in [5, 5.41) is 12.2. The average molecular weight is 525 g/mol. The van der Waals surface area contributed by atoms with Crippen molar-refractivity contribution in [1.29, 1.82) is 5.26 Å². The molecule has 2 unspecified atom stereocenters. The Morgan fingerprint density at radius 1 is 1.06 bits per heavy atom. The monoisotopic (exact) mass is 524 g/mol. The topological polar surface area (TPSA) is 97.1 Å². The number of aromatic nitrogens is 4. The maximum Gasteiger partial charge on any atom is 0.235 e. The zero-order valence-corrected chi connectivity index (χ0v) is 20.6. The minimum atomic E-state index is -0.0468. The highest BCUT2D eigenvalue weighted by molar-refractivity contribution is 7.18. The third-order valence-electron chi connectivity index (χ3n) is 6.35. The third-order valence-corrected chi connectivity index (χ3v) is 7.81. The molecule has 3 aromatic heterocycles. The van der Waals surface area contributed by atoms with Crippen LogP contribution in [-0.4, -0.2) is 52.3 Å². The minimum Gasteiger partial charge on any atom is -0.472 e. The number of thiophene rings is 1. The Morgan fingerprint density at radius 3 is 2.54 bits per heavy atom. The summed E-state index contributed by atoms with van der Waals surface area (Å²) in [6.45, 7) is 2.62.